The van der Waals surface area contributed by atoms with Gasteiger partial charge in [-0.25, -0.2) is 0 Å². The Morgan fingerprint density at radius 1 is 1.53 bits per heavy atom. The standard InChI is InChI=1S/C12H16O3/c1-8-4-5-12(15-7-9(2)13)11(6-8)10(3)14/h4-6,9,13H,7H2,1-3H3. The summed E-state index contributed by atoms with van der Waals surface area (Å²) in [7, 11) is 0. The number of hydrogen-bond donors (Lipinski definition) is 1. The lowest BCUT2D eigenvalue weighted by atomic mass is 10.1. The van der Waals surface area contributed by atoms with E-state index in [9.17, 15) is 4.79 Å². The molecule has 0 amide bonds. The van der Waals surface area contributed by atoms with E-state index in [0.717, 1.165) is 5.56 Å². The van der Waals surface area contributed by atoms with Crippen LogP contribution in [0.25, 0.3) is 0 Å². The van der Waals surface area contributed by atoms with Crippen LogP contribution < -0.4 is 4.74 Å². The molecule has 0 aromatic heterocycles. The van der Waals surface area contributed by atoms with Crippen LogP contribution in [0.4, 0.5) is 0 Å². The van der Waals surface area contributed by atoms with E-state index in [2.05, 4.69) is 0 Å². The van der Waals surface area contributed by atoms with Gasteiger partial charge in [0.15, 0.2) is 5.78 Å². The lowest BCUT2D eigenvalue weighted by Gasteiger charge is -2.11. The maximum atomic E-state index is 11.3. The third kappa shape index (κ3) is 3.36. The average molecular weight is 208 g/mol. The highest BCUT2D eigenvalue weighted by molar-refractivity contribution is 5.97. The van der Waals surface area contributed by atoms with Crippen molar-refractivity contribution in [3.63, 3.8) is 0 Å². The van der Waals surface area contributed by atoms with Crippen LogP contribution in [0.2, 0.25) is 0 Å². The predicted molar refractivity (Wildman–Crippen MR) is 58.4 cm³/mol. The average Bonchev–Trinajstić information content (AvgIpc) is 2.15. The largest absolute Gasteiger partial charge is 0.490 e. The molecule has 0 radical (unpaired) electrons. The number of carbonyl (C=O) groups excluding carboxylic acids is 1. The second-order valence-corrected chi connectivity index (χ2v) is 3.72. The van der Waals surface area contributed by atoms with Crippen molar-refractivity contribution < 1.29 is 14.6 Å². The summed E-state index contributed by atoms with van der Waals surface area (Å²) in [5, 5.41) is 9.09. The van der Waals surface area contributed by atoms with Crippen LogP contribution in [0.3, 0.4) is 0 Å². The fourth-order valence-electron chi connectivity index (χ4n) is 1.26. The van der Waals surface area contributed by atoms with Crippen LogP contribution >= 0.6 is 0 Å². The molecule has 1 atom stereocenters. The molecule has 1 aromatic rings. The van der Waals surface area contributed by atoms with Gasteiger partial charge in [-0.2, -0.15) is 0 Å². The number of aliphatic hydroxyl groups is 1. The molecule has 3 heteroatoms. The Morgan fingerprint density at radius 3 is 2.73 bits per heavy atom. The molecule has 3 nitrogen and oxygen atoms in total. The number of aryl methyl sites for hydroxylation is 1. The highest BCUT2D eigenvalue weighted by atomic mass is 16.5. The number of benzene rings is 1. The quantitative estimate of drug-likeness (QED) is 0.769. The Labute approximate surface area is 89.7 Å². The molecule has 0 heterocycles. The maximum Gasteiger partial charge on any atom is 0.163 e. The molecule has 1 aromatic carbocycles. The minimum absolute atomic E-state index is 0.0284. The van der Waals surface area contributed by atoms with Gasteiger partial charge in [0.05, 0.1) is 11.7 Å². The van der Waals surface area contributed by atoms with Crippen LogP contribution in [0.15, 0.2) is 18.2 Å². The van der Waals surface area contributed by atoms with E-state index in [0.29, 0.717) is 11.3 Å². The van der Waals surface area contributed by atoms with Crippen LogP contribution in [0, 0.1) is 6.92 Å². The van der Waals surface area contributed by atoms with Crippen LogP contribution in [-0.4, -0.2) is 23.6 Å². The van der Waals surface area contributed by atoms with E-state index in [-0.39, 0.29) is 12.4 Å². The molecule has 0 aliphatic heterocycles. The minimum atomic E-state index is -0.536. The number of hydrogen-bond acceptors (Lipinski definition) is 3. The second kappa shape index (κ2) is 4.94. The van der Waals surface area contributed by atoms with Gasteiger partial charge in [0, 0.05) is 0 Å². The Morgan fingerprint density at radius 2 is 2.20 bits per heavy atom. The molecule has 1 unspecified atom stereocenters. The van der Waals surface area contributed by atoms with Gasteiger partial charge in [0.1, 0.15) is 12.4 Å². The van der Waals surface area contributed by atoms with Gasteiger partial charge in [-0.3, -0.25) is 4.79 Å². The summed E-state index contributed by atoms with van der Waals surface area (Å²) in [4.78, 5) is 11.3. The van der Waals surface area contributed by atoms with E-state index in [4.69, 9.17) is 9.84 Å². The summed E-state index contributed by atoms with van der Waals surface area (Å²) in [6.07, 6.45) is -0.536. The van der Waals surface area contributed by atoms with Crippen molar-refractivity contribution in [2.75, 3.05) is 6.61 Å². The summed E-state index contributed by atoms with van der Waals surface area (Å²) in [6, 6.07) is 5.43. The number of aliphatic hydroxyl groups excluding tert-OH is 1. The van der Waals surface area contributed by atoms with Gasteiger partial charge < -0.3 is 9.84 Å². The van der Waals surface area contributed by atoms with E-state index < -0.39 is 6.10 Å². The molecule has 0 fully saturated rings. The zero-order chi connectivity index (χ0) is 11.4. The zero-order valence-corrected chi connectivity index (χ0v) is 9.28. The predicted octanol–water partition coefficient (Wildman–Crippen LogP) is 1.96. The fourth-order valence-corrected chi connectivity index (χ4v) is 1.26. The molecule has 0 aliphatic carbocycles. The van der Waals surface area contributed by atoms with Crippen molar-refractivity contribution in [2.24, 2.45) is 0 Å². The summed E-state index contributed by atoms with van der Waals surface area (Å²) < 4.78 is 5.34. The van der Waals surface area contributed by atoms with Gasteiger partial charge in [0.25, 0.3) is 0 Å². The Bertz CT molecular complexity index is 356. The van der Waals surface area contributed by atoms with Crippen molar-refractivity contribution >= 4 is 5.78 Å². The number of Topliss-reactive ketones (excluding diaryl/α,β-unsaturated/α-hetero) is 1. The molecule has 82 valence electrons. The highest BCUT2D eigenvalue weighted by Crippen LogP contribution is 2.20. The smallest absolute Gasteiger partial charge is 0.163 e. The van der Waals surface area contributed by atoms with Crippen molar-refractivity contribution in [1.82, 2.24) is 0 Å². The number of ketones is 1. The SMILES string of the molecule is CC(=O)c1cc(C)ccc1OCC(C)O. The van der Waals surface area contributed by atoms with Crippen molar-refractivity contribution in [3.8, 4) is 5.75 Å². The van der Waals surface area contributed by atoms with Crippen LogP contribution in [-0.2, 0) is 0 Å². The molecule has 0 saturated carbocycles. The molecular formula is C12H16O3. The molecule has 1 N–H and O–H groups in total. The van der Waals surface area contributed by atoms with E-state index in [1.807, 2.05) is 13.0 Å². The molecule has 0 aliphatic rings. The summed E-state index contributed by atoms with van der Waals surface area (Å²) >= 11 is 0. The second-order valence-electron chi connectivity index (χ2n) is 3.72. The van der Waals surface area contributed by atoms with Crippen LogP contribution in [0.5, 0.6) is 5.75 Å². The van der Waals surface area contributed by atoms with Gasteiger partial charge in [-0.15, -0.1) is 0 Å². The molecule has 0 bridgehead atoms. The molecule has 0 saturated heterocycles. The normalized spacial score (nSPS) is 12.3. The third-order valence-corrected chi connectivity index (χ3v) is 1.99. The fraction of sp³-hybridized carbons (Fsp3) is 0.417. The Kier molecular flexibility index (Phi) is 3.86. The number of rotatable bonds is 4. The summed E-state index contributed by atoms with van der Waals surface area (Å²) in [6.45, 7) is 5.26. The first-order chi connectivity index (χ1) is 7.00. The maximum absolute atomic E-state index is 11.3. The lowest BCUT2D eigenvalue weighted by Crippen LogP contribution is -2.14. The van der Waals surface area contributed by atoms with E-state index in [1.165, 1.54) is 6.92 Å². The van der Waals surface area contributed by atoms with Crippen molar-refractivity contribution in [3.05, 3.63) is 29.3 Å². The molecule has 1 rings (SSSR count). The van der Waals surface area contributed by atoms with Crippen molar-refractivity contribution in [1.29, 1.82) is 0 Å². The third-order valence-electron chi connectivity index (χ3n) is 1.99. The van der Waals surface area contributed by atoms with Crippen LogP contribution in [0.1, 0.15) is 29.8 Å². The van der Waals surface area contributed by atoms with Gasteiger partial charge >= 0.3 is 0 Å². The minimum Gasteiger partial charge on any atom is -0.490 e. The molecular weight excluding hydrogens is 192 g/mol. The van der Waals surface area contributed by atoms with E-state index >= 15 is 0 Å². The summed E-state index contributed by atoms with van der Waals surface area (Å²) in [5.74, 6) is 0.508. The summed E-state index contributed by atoms with van der Waals surface area (Å²) in [5.41, 5.74) is 1.58. The Hall–Kier alpha value is -1.35. The zero-order valence-electron chi connectivity index (χ0n) is 9.28. The Balaban J connectivity index is 2.91. The van der Waals surface area contributed by atoms with Gasteiger partial charge in [-0.05, 0) is 32.9 Å². The van der Waals surface area contributed by atoms with Gasteiger partial charge in [0.2, 0.25) is 0 Å². The number of carbonyl (C=O) groups is 1. The lowest BCUT2D eigenvalue weighted by molar-refractivity contribution is 0.0995. The first kappa shape index (κ1) is 11.7. The monoisotopic (exact) mass is 208 g/mol. The first-order valence-electron chi connectivity index (χ1n) is 4.93. The molecule has 0 spiro atoms. The number of ether oxygens (including phenoxy) is 1. The van der Waals surface area contributed by atoms with E-state index in [1.54, 1.807) is 19.1 Å². The first-order valence-corrected chi connectivity index (χ1v) is 4.93. The highest BCUT2D eigenvalue weighted by Gasteiger charge is 2.09. The topological polar surface area (TPSA) is 46.5 Å². The van der Waals surface area contributed by atoms with Crippen molar-refractivity contribution in [2.45, 2.75) is 26.9 Å². The molecule has 15 heavy (non-hydrogen) atoms. The van der Waals surface area contributed by atoms with Gasteiger partial charge in [-0.1, -0.05) is 11.6 Å².